The summed E-state index contributed by atoms with van der Waals surface area (Å²) in [6.45, 7) is 0. The van der Waals surface area contributed by atoms with Gasteiger partial charge in [-0.05, 0) is 42.5 Å². The first-order valence-corrected chi connectivity index (χ1v) is 6.61. The number of fused-ring (bicyclic) bond motifs is 3. The molecule has 0 atom stereocenters. The molecule has 1 N–H and O–H groups in total. The third kappa shape index (κ3) is 1.48. The third-order valence-corrected chi connectivity index (χ3v) is 3.87. The molecule has 1 aliphatic rings. The Labute approximate surface area is 110 Å². The number of hydrogen-bond acceptors (Lipinski definition) is 2. The molecule has 19 heavy (non-hydrogen) atoms. The maximum Gasteiger partial charge on any atom is 0.134 e. The predicted octanol–water partition coefficient (Wildman–Crippen LogP) is 2.54. The van der Waals surface area contributed by atoms with Crippen LogP contribution in [-0.4, -0.2) is 14.5 Å². The molecule has 0 radical (unpaired) electrons. The van der Waals surface area contributed by atoms with E-state index in [1.54, 1.807) is 6.20 Å². The predicted molar refractivity (Wildman–Crippen MR) is 74.9 cm³/mol. The second kappa shape index (κ2) is 3.85. The Morgan fingerprint density at radius 2 is 2.05 bits per heavy atom. The molecule has 0 saturated carbocycles. The molecule has 3 heterocycles. The highest BCUT2D eigenvalue weighted by molar-refractivity contribution is 5.86. The molecule has 94 valence electrons. The highest BCUT2D eigenvalue weighted by Gasteiger charge is 2.18. The molecular weight excluding hydrogens is 236 g/mol. The van der Waals surface area contributed by atoms with Crippen LogP contribution < -0.4 is 5.35 Å². The van der Waals surface area contributed by atoms with Crippen LogP contribution in [0.3, 0.4) is 0 Å². The van der Waals surface area contributed by atoms with E-state index in [1.165, 1.54) is 28.5 Å². The summed E-state index contributed by atoms with van der Waals surface area (Å²) >= 11 is 0. The van der Waals surface area contributed by atoms with Gasteiger partial charge in [0.1, 0.15) is 5.75 Å². The Morgan fingerprint density at radius 3 is 2.89 bits per heavy atom. The molecular formula is C16H14N2O. The van der Waals surface area contributed by atoms with Gasteiger partial charge < -0.3 is 9.51 Å². The van der Waals surface area contributed by atoms with E-state index in [-0.39, 0.29) is 0 Å². The zero-order valence-corrected chi connectivity index (χ0v) is 10.5. The van der Waals surface area contributed by atoms with Gasteiger partial charge in [0.25, 0.3) is 0 Å². The van der Waals surface area contributed by atoms with Crippen molar-refractivity contribution in [2.45, 2.75) is 19.3 Å². The van der Waals surface area contributed by atoms with Crippen LogP contribution in [0.2, 0.25) is 0 Å². The number of hydrogen-bond donors (Lipinski definition) is 1. The van der Waals surface area contributed by atoms with E-state index >= 15 is 0 Å². The first-order chi connectivity index (χ1) is 9.34. The lowest BCUT2D eigenvalue weighted by molar-refractivity contribution is 0.475. The van der Waals surface area contributed by atoms with Crippen LogP contribution in [-0.2, 0) is 6.42 Å². The summed E-state index contributed by atoms with van der Waals surface area (Å²) in [5.74, 6) is 0.326. The monoisotopic (exact) mass is 250 g/mol. The van der Waals surface area contributed by atoms with E-state index in [0.29, 0.717) is 5.75 Å². The summed E-state index contributed by atoms with van der Waals surface area (Å²) < 4.78 is 2.11. The van der Waals surface area contributed by atoms with E-state index in [4.69, 9.17) is 0 Å². The Hall–Kier alpha value is -2.29. The molecule has 0 spiro atoms. The van der Waals surface area contributed by atoms with Crippen molar-refractivity contribution in [1.29, 1.82) is 0 Å². The molecule has 0 amide bonds. The fourth-order valence-corrected chi connectivity index (χ4v) is 3.10. The molecule has 3 nitrogen and oxygen atoms in total. The van der Waals surface area contributed by atoms with Crippen LogP contribution in [0.25, 0.3) is 22.7 Å². The van der Waals surface area contributed by atoms with Gasteiger partial charge in [0, 0.05) is 29.4 Å². The van der Waals surface area contributed by atoms with Gasteiger partial charge in [-0.25, -0.2) is 0 Å². The Balaban J connectivity index is 2.15. The fourth-order valence-electron chi connectivity index (χ4n) is 3.10. The van der Waals surface area contributed by atoms with Crippen LogP contribution in [0.4, 0.5) is 0 Å². The third-order valence-electron chi connectivity index (χ3n) is 3.87. The summed E-state index contributed by atoms with van der Waals surface area (Å²) in [5.41, 5.74) is 4.91. The standard InChI is InChI=1S/C16H14N2O/c19-12-9-15-16(11-5-7-17-8-6-11)13-3-1-2-4-14(13)18(15)10-12/h4-10,19H,1-3H2. The number of nitrogens with zero attached hydrogens (tertiary/aromatic N) is 2. The molecule has 3 aromatic heterocycles. The lowest BCUT2D eigenvalue weighted by Gasteiger charge is -2.07. The smallest absolute Gasteiger partial charge is 0.134 e. The van der Waals surface area contributed by atoms with E-state index in [1.807, 2.05) is 30.6 Å². The highest BCUT2D eigenvalue weighted by Crippen LogP contribution is 2.32. The molecule has 0 unspecified atom stereocenters. The Kier molecular flexibility index (Phi) is 2.15. The number of aromatic nitrogens is 2. The van der Waals surface area contributed by atoms with Gasteiger partial charge >= 0.3 is 0 Å². The quantitative estimate of drug-likeness (QED) is 0.720. The van der Waals surface area contributed by atoms with Gasteiger partial charge in [0.2, 0.25) is 0 Å². The lowest BCUT2D eigenvalue weighted by Crippen LogP contribution is -2.15. The van der Waals surface area contributed by atoms with E-state index in [0.717, 1.165) is 18.4 Å². The minimum Gasteiger partial charge on any atom is -0.506 e. The van der Waals surface area contributed by atoms with Crippen molar-refractivity contribution in [1.82, 2.24) is 9.38 Å². The molecule has 3 aromatic rings. The zero-order valence-electron chi connectivity index (χ0n) is 10.5. The summed E-state index contributed by atoms with van der Waals surface area (Å²) in [4.78, 5) is 4.09. The van der Waals surface area contributed by atoms with Crippen LogP contribution in [0.1, 0.15) is 18.4 Å². The summed E-state index contributed by atoms with van der Waals surface area (Å²) in [6.07, 6.45) is 11.1. The van der Waals surface area contributed by atoms with Crippen molar-refractivity contribution < 1.29 is 5.11 Å². The van der Waals surface area contributed by atoms with Crippen LogP contribution in [0.15, 0.2) is 36.8 Å². The van der Waals surface area contributed by atoms with Crippen molar-refractivity contribution in [3.8, 4) is 16.9 Å². The molecule has 0 saturated heterocycles. The van der Waals surface area contributed by atoms with Crippen molar-refractivity contribution >= 4 is 11.6 Å². The fraction of sp³-hybridized carbons (Fsp3) is 0.188. The summed E-state index contributed by atoms with van der Waals surface area (Å²) in [5, 5.41) is 11.0. The first-order valence-electron chi connectivity index (χ1n) is 6.61. The molecule has 4 rings (SSSR count). The largest absolute Gasteiger partial charge is 0.506 e. The van der Waals surface area contributed by atoms with Gasteiger partial charge in [-0.1, -0.05) is 6.08 Å². The average Bonchev–Trinajstić information content (AvgIpc) is 2.95. The number of rotatable bonds is 1. The topological polar surface area (TPSA) is 37.5 Å². The summed E-state index contributed by atoms with van der Waals surface area (Å²) in [7, 11) is 0. The molecule has 3 heteroatoms. The SMILES string of the molecule is Oc1cc2c(-c3ccncc3)c3c(n2c1)=CCCC3. The second-order valence-corrected chi connectivity index (χ2v) is 5.02. The van der Waals surface area contributed by atoms with Gasteiger partial charge in [-0.15, -0.1) is 0 Å². The van der Waals surface area contributed by atoms with Crippen molar-refractivity contribution in [2.75, 3.05) is 0 Å². The van der Waals surface area contributed by atoms with Gasteiger partial charge in [-0.3, -0.25) is 4.98 Å². The Morgan fingerprint density at radius 1 is 1.21 bits per heavy atom. The van der Waals surface area contributed by atoms with Gasteiger partial charge in [-0.2, -0.15) is 0 Å². The van der Waals surface area contributed by atoms with Crippen LogP contribution >= 0.6 is 0 Å². The van der Waals surface area contributed by atoms with Crippen molar-refractivity contribution in [3.05, 3.63) is 47.7 Å². The lowest BCUT2D eigenvalue weighted by atomic mass is 9.96. The minimum absolute atomic E-state index is 0.326. The van der Waals surface area contributed by atoms with Gasteiger partial charge in [0.05, 0.1) is 11.7 Å². The molecule has 0 aliphatic heterocycles. The van der Waals surface area contributed by atoms with E-state index < -0.39 is 0 Å². The molecule has 0 aromatic carbocycles. The minimum atomic E-state index is 0.326. The molecule has 1 aliphatic carbocycles. The first kappa shape index (κ1) is 10.6. The van der Waals surface area contributed by atoms with E-state index in [9.17, 15) is 5.11 Å². The maximum atomic E-state index is 9.77. The zero-order chi connectivity index (χ0) is 12.8. The second-order valence-electron chi connectivity index (χ2n) is 5.02. The number of pyridine rings is 1. The van der Waals surface area contributed by atoms with Gasteiger partial charge in [0.15, 0.2) is 0 Å². The highest BCUT2D eigenvalue weighted by atomic mass is 16.3. The van der Waals surface area contributed by atoms with Crippen LogP contribution in [0.5, 0.6) is 5.75 Å². The summed E-state index contributed by atoms with van der Waals surface area (Å²) in [6, 6.07) is 5.92. The molecule has 0 bridgehead atoms. The number of aromatic hydroxyl groups is 1. The molecule has 0 fully saturated rings. The maximum absolute atomic E-state index is 9.77. The van der Waals surface area contributed by atoms with Crippen molar-refractivity contribution in [2.24, 2.45) is 0 Å². The normalized spacial score (nSPS) is 14.3. The van der Waals surface area contributed by atoms with E-state index in [2.05, 4.69) is 15.5 Å². The Bertz CT molecular complexity index is 803. The van der Waals surface area contributed by atoms with Crippen molar-refractivity contribution in [3.63, 3.8) is 0 Å². The average molecular weight is 250 g/mol. The van der Waals surface area contributed by atoms with Crippen LogP contribution in [0, 0.1) is 0 Å².